The van der Waals surface area contributed by atoms with Gasteiger partial charge in [-0.15, -0.1) is 23.5 Å². The summed E-state index contributed by atoms with van der Waals surface area (Å²) in [6.07, 6.45) is 6.26. The van der Waals surface area contributed by atoms with Crippen molar-refractivity contribution in [3.8, 4) is 11.5 Å². The molecule has 1 aliphatic carbocycles. The van der Waals surface area contributed by atoms with Crippen molar-refractivity contribution in [1.82, 2.24) is 4.90 Å². The molecule has 2 aliphatic heterocycles. The number of likely N-dealkylation sites (N-methyl/N-ethyl adjacent to an activating group) is 1. The van der Waals surface area contributed by atoms with Crippen LogP contribution in [0.15, 0.2) is 30.0 Å². The van der Waals surface area contributed by atoms with Crippen molar-refractivity contribution in [2.75, 3.05) is 39.3 Å². The van der Waals surface area contributed by atoms with Crippen LogP contribution in [0.5, 0.6) is 11.5 Å². The van der Waals surface area contributed by atoms with E-state index in [4.69, 9.17) is 9.47 Å². The standard InChI is InChI=1S/C19H25NO2S2/c1-20-9-8-18(14-4-5-15(21-2)16(12-14)22-3)6-7-19(13-17(18)20)23-10-11-24-19/h4-5,12-13H,6-11H2,1-3H3/t18-/m0/s1. The molecule has 3 nitrogen and oxygen atoms in total. The zero-order valence-corrected chi connectivity index (χ0v) is 16.3. The molecule has 130 valence electrons. The van der Waals surface area contributed by atoms with Gasteiger partial charge in [-0.05, 0) is 43.0 Å². The van der Waals surface area contributed by atoms with Gasteiger partial charge in [0.15, 0.2) is 11.5 Å². The number of likely N-dealkylation sites (tertiary alicyclic amines) is 1. The van der Waals surface area contributed by atoms with E-state index in [0.29, 0.717) is 4.08 Å². The maximum atomic E-state index is 5.57. The third-order valence-electron chi connectivity index (χ3n) is 5.74. The van der Waals surface area contributed by atoms with E-state index in [1.807, 2.05) is 0 Å². The monoisotopic (exact) mass is 363 g/mol. The van der Waals surface area contributed by atoms with Gasteiger partial charge in [-0.1, -0.05) is 6.07 Å². The Morgan fingerprint density at radius 1 is 1.00 bits per heavy atom. The molecule has 0 aromatic heterocycles. The highest BCUT2D eigenvalue weighted by Crippen LogP contribution is 2.59. The number of ether oxygens (including phenoxy) is 2. The smallest absolute Gasteiger partial charge is 0.161 e. The lowest BCUT2D eigenvalue weighted by Gasteiger charge is -2.41. The molecule has 24 heavy (non-hydrogen) atoms. The van der Waals surface area contributed by atoms with E-state index in [2.05, 4.69) is 59.7 Å². The summed E-state index contributed by atoms with van der Waals surface area (Å²) in [5.41, 5.74) is 3.03. The molecule has 4 rings (SSSR count). The van der Waals surface area contributed by atoms with Crippen LogP contribution >= 0.6 is 23.5 Å². The van der Waals surface area contributed by atoms with Gasteiger partial charge in [-0.2, -0.15) is 0 Å². The van der Waals surface area contributed by atoms with E-state index < -0.39 is 0 Å². The van der Waals surface area contributed by atoms with Crippen molar-refractivity contribution >= 4 is 23.5 Å². The molecule has 1 spiro atoms. The maximum absolute atomic E-state index is 5.57. The molecule has 0 bridgehead atoms. The van der Waals surface area contributed by atoms with E-state index in [0.717, 1.165) is 18.0 Å². The second kappa shape index (κ2) is 6.10. The van der Waals surface area contributed by atoms with Crippen molar-refractivity contribution in [3.63, 3.8) is 0 Å². The van der Waals surface area contributed by atoms with Gasteiger partial charge in [0.05, 0.1) is 18.3 Å². The Morgan fingerprint density at radius 3 is 2.46 bits per heavy atom. The van der Waals surface area contributed by atoms with Crippen molar-refractivity contribution < 1.29 is 9.47 Å². The van der Waals surface area contributed by atoms with Gasteiger partial charge >= 0.3 is 0 Å². The first-order chi connectivity index (χ1) is 11.6. The van der Waals surface area contributed by atoms with Crippen LogP contribution in [0.4, 0.5) is 0 Å². The van der Waals surface area contributed by atoms with Gasteiger partial charge in [0.1, 0.15) is 0 Å². The lowest BCUT2D eigenvalue weighted by Crippen LogP contribution is -2.36. The van der Waals surface area contributed by atoms with Crippen LogP contribution in [-0.2, 0) is 5.41 Å². The minimum atomic E-state index is 0.142. The minimum absolute atomic E-state index is 0.142. The lowest BCUT2D eigenvalue weighted by molar-refractivity contribution is 0.351. The molecule has 0 unspecified atom stereocenters. The van der Waals surface area contributed by atoms with E-state index in [1.54, 1.807) is 14.2 Å². The Morgan fingerprint density at radius 2 is 1.75 bits per heavy atom. The van der Waals surface area contributed by atoms with Crippen LogP contribution in [0.3, 0.4) is 0 Å². The summed E-state index contributed by atoms with van der Waals surface area (Å²) in [7, 11) is 5.67. The minimum Gasteiger partial charge on any atom is -0.493 e. The summed E-state index contributed by atoms with van der Waals surface area (Å²) in [4.78, 5) is 2.47. The quantitative estimate of drug-likeness (QED) is 0.803. The zero-order valence-electron chi connectivity index (χ0n) is 14.6. The predicted octanol–water partition coefficient (Wildman–Crippen LogP) is 4.13. The Hall–Kier alpha value is -0.940. The van der Waals surface area contributed by atoms with Gasteiger partial charge < -0.3 is 14.4 Å². The average molecular weight is 364 g/mol. The van der Waals surface area contributed by atoms with Crippen LogP contribution in [0.2, 0.25) is 0 Å². The molecule has 2 saturated heterocycles. The van der Waals surface area contributed by atoms with Crippen LogP contribution in [0.1, 0.15) is 24.8 Å². The molecule has 1 aromatic rings. The van der Waals surface area contributed by atoms with Gasteiger partial charge in [-0.25, -0.2) is 0 Å². The Bertz CT molecular complexity index is 669. The molecule has 1 aromatic carbocycles. The summed E-state index contributed by atoms with van der Waals surface area (Å²) in [5.74, 6) is 4.20. The van der Waals surface area contributed by atoms with Gasteiger partial charge in [-0.3, -0.25) is 0 Å². The van der Waals surface area contributed by atoms with Gasteiger partial charge in [0.2, 0.25) is 0 Å². The number of fused-ring (bicyclic) bond motifs is 1. The first kappa shape index (κ1) is 16.5. The van der Waals surface area contributed by atoms with Crippen LogP contribution in [0.25, 0.3) is 0 Å². The molecule has 5 heteroatoms. The third-order valence-corrected chi connectivity index (χ3v) is 9.15. The Labute approximate surface area is 153 Å². The molecule has 0 radical (unpaired) electrons. The van der Waals surface area contributed by atoms with E-state index in [-0.39, 0.29) is 5.41 Å². The fraction of sp³-hybridized carbons (Fsp3) is 0.579. The summed E-state index contributed by atoms with van der Waals surface area (Å²) in [6.45, 7) is 1.13. The topological polar surface area (TPSA) is 21.7 Å². The van der Waals surface area contributed by atoms with Crippen LogP contribution < -0.4 is 9.47 Å². The van der Waals surface area contributed by atoms with E-state index >= 15 is 0 Å². The first-order valence-electron chi connectivity index (χ1n) is 8.57. The summed E-state index contributed by atoms with van der Waals surface area (Å²) in [5, 5.41) is 0. The fourth-order valence-corrected chi connectivity index (χ4v) is 7.48. The number of nitrogens with zero attached hydrogens (tertiary/aromatic N) is 1. The molecular formula is C19H25NO2S2. The predicted molar refractivity (Wildman–Crippen MR) is 103 cm³/mol. The highest BCUT2D eigenvalue weighted by atomic mass is 32.2. The molecule has 2 fully saturated rings. The third kappa shape index (κ3) is 2.43. The van der Waals surface area contributed by atoms with Gasteiger partial charge in [0, 0.05) is 36.2 Å². The summed E-state index contributed by atoms with van der Waals surface area (Å²) < 4.78 is 11.3. The number of rotatable bonds is 3. The number of hydrogen-bond donors (Lipinski definition) is 0. The van der Waals surface area contributed by atoms with Crippen molar-refractivity contribution in [1.29, 1.82) is 0 Å². The maximum Gasteiger partial charge on any atom is 0.161 e. The fourth-order valence-electron chi connectivity index (χ4n) is 4.41. The highest BCUT2D eigenvalue weighted by molar-refractivity contribution is 8.21. The van der Waals surface area contributed by atoms with Crippen molar-refractivity contribution in [2.45, 2.75) is 28.8 Å². The number of thioether (sulfide) groups is 2. The molecule has 0 amide bonds. The molecule has 0 N–H and O–H groups in total. The number of benzene rings is 1. The van der Waals surface area contributed by atoms with Crippen molar-refractivity contribution in [2.24, 2.45) is 0 Å². The molecular weight excluding hydrogens is 338 g/mol. The largest absolute Gasteiger partial charge is 0.493 e. The Kier molecular flexibility index (Phi) is 4.20. The average Bonchev–Trinajstić information content (AvgIpc) is 3.21. The van der Waals surface area contributed by atoms with Gasteiger partial charge in [0.25, 0.3) is 0 Å². The number of hydrogen-bond acceptors (Lipinski definition) is 5. The second-order valence-electron chi connectivity index (χ2n) is 6.86. The first-order valence-corrected chi connectivity index (χ1v) is 10.5. The van der Waals surface area contributed by atoms with Crippen LogP contribution in [0, 0.1) is 0 Å². The zero-order chi connectivity index (χ0) is 16.8. The Balaban J connectivity index is 1.79. The molecule has 3 aliphatic rings. The second-order valence-corrected chi connectivity index (χ2v) is 9.97. The molecule has 1 atom stereocenters. The summed E-state index contributed by atoms with van der Waals surface area (Å²) in [6, 6.07) is 6.49. The highest BCUT2D eigenvalue weighted by Gasteiger charge is 2.50. The van der Waals surface area contributed by atoms with E-state index in [1.165, 1.54) is 42.0 Å². The van der Waals surface area contributed by atoms with Crippen LogP contribution in [-0.4, -0.2) is 48.3 Å². The normalized spacial score (nSPS) is 28.0. The SMILES string of the molecule is COc1ccc([C@]23CCN(C)C2=CC2(CC3)SCCS2)cc1OC. The number of allylic oxidation sites excluding steroid dienone is 1. The summed E-state index contributed by atoms with van der Waals surface area (Å²) >= 11 is 4.28. The molecule has 0 saturated carbocycles. The van der Waals surface area contributed by atoms with Crippen molar-refractivity contribution in [3.05, 3.63) is 35.5 Å². The number of methoxy groups -OCH3 is 2. The van der Waals surface area contributed by atoms with E-state index in [9.17, 15) is 0 Å². The molecule has 2 heterocycles. The lowest BCUT2D eigenvalue weighted by atomic mass is 9.70.